The van der Waals surface area contributed by atoms with Gasteiger partial charge in [-0.3, -0.25) is 23.4 Å². The smallest absolute Gasteiger partial charge is 0.505 e. The van der Waals surface area contributed by atoms with Gasteiger partial charge in [-0.05, 0) is 122 Å². The standard InChI is InChI=1S/C51H80N3O12P/c1-7-11-13-35(9-3)32-64-67(59,65-33-36(10-4)14-12-8-2)66-38-16-18-39-37(31-38)15-17-41-40(39)23-25-51(5)42(41)19-22-45(51)63-27-24-46(55)53-26-28-61-29-30-62-34-47(56)54-43-20-21-44(60-6)48(49(43)57)50(52)58/h16,18,20-21,31,35-36,40-42,45,57H,7-15,17,19,22-30,32-34H2,1-6H3,(H2,52,58)(H,53,55)(H,54,56). The van der Waals surface area contributed by atoms with Gasteiger partial charge in [0, 0.05) is 13.0 Å². The number of amides is 3. The van der Waals surface area contributed by atoms with Gasteiger partial charge in [0.1, 0.15) is 23.7 Å². The van der Waals surface area contributed by atoms with Crippen LogP contribution in [-0.4, -0.2) is 88.8 Å². The number of hydrogen-bond acceptors (Lipinski definition) is 12. The molecule has 0 spiro atoms. The maximum absolute atomic E-state index is 14.3. The minimum absolute atomic E-state index is 0.00206. The zero-order valence-electron chi connectivity index (χ0n) is 41.1. The normalized spacial score (nSPS) is 22.7. The molecule has 2 fully saturated rings. The highest BCUT2D eigenvalue weighted by atomic mass is 31.2. The van der Waals surface area contributed by atoms with Crippen molar-refractivity contribution >= 4 is 31.2 Å². The van der Waals surface area contributed by atoms with Gasteiger partial charge in [-0.1, -0.05) is 79.2 Å². The molecule has 7 unspecified atom stereocenters. The lowest BCUT2D eigenvalue weighted by Crippen LogP contribution is -2.45. The summed E-state index contributed by atoms with van der Waals surface area (Å²) in [6.07, 6.45) is 15.1. The minimum Gasteiger partial charge on any atom is -0.505 e. The molecule has 7 atom stereocenters. The van der Waals surface area contributed by atoms with E-state index in [0.29, 0.717) is 61.7 Å². The Morgan fingerprint density at radius 3 is 2.24 bits per heavy atom. The Labute approximate surface area is 399 Å². The number of benzene rings is 2. The van der Waals surface area contributed by atoms with Crippen molar-refractivity contribution in [2.24, 2.45) is 34.8 Å². The number of unbranched alkanes of at least 4 members (excludes halogenated alkanes) is 2. The summed E-state index contributed by atoms with van der Waals surface area (Å²) in [5.74, 6) is 0.796. The maximum atomic E-state index is 14.3. The van der Waals surface area contributed by atoms with Gasteiger partial charge in [0.25, 0.3) is 5.91 Å². The number of aryl methyl sites for hydroxylation is 1. The Balaban J connectivity index is 1.02. The average molecular weight is 958 g/mol. The molecule has 0 saturated heterocycles. The number of phosphoric ester groups is 1. The van der Waals surface area contributed by atoms with Crippen molar-refractivity contribution in [3.63, 3.8) is 0 Å². The van der Waals surface area contributed by atoms with E-state index in [1.807, 2.05) is 6.07 Å². The molecule has 0 heterocycles. The van der Waals surface area contributed by atoms with E-state index < -0.39 is 25.4 Å². The third-order valence-corrected chi connectivity index (χ3v) is 15.9. The Hall–Kier alpha value is -3.72. The van der Waals surface area contributed by atoms with Crippen LogP contribution in [0.4, 0.5) is 5.69 Å². The number of primary amides is 1. The van der Waals surface area contributed by atoms with Gasteiger partial charge >= 0.3 is 7.82 Å². The monoisotopic (exact) mass is 958 g/mol. The molecular weight excluding hydrogens is 878 g/mol. The summed E-state index contributed by atoms with van der Waals surface area (Å²) in [5, 5.41) is 15.7. The number of nitrogens with one attached hydrogen (secondary N) is 2. The van der Waals surface area contributed by atoms with E-state index >= 15 is 0 Å². The van der Waals surface area contributed by atoms with Crippen LogP contribution in [0.25, 0.3) is 0 Å². The van der Waals surface area contributed by atoms with Crippen molar-refractivity contribution < 1.29 is 56.6 Å². The zero-order chi connectivity index (χ0) is 48.4. The molecule has 2 aromatic carbocycles. The molecule has 0 bridgehead atoms. The molecule has 16 heteroatoms. The predicted octanol–water partition coefficient (Wildman–Crippen LogP) is 9.87. The molecule has 5 rings (SSSR count). The minimum atomic E-state index is -3.85. The van der Waals surface area contributed by atoms with Crippen molar-refractivity contribution in [2.45, 2.75) is 143 Å². The number of carbonyl (C=O) groups excluding carboxylic acids is 3. The molecule has 15 nitrogen and oxygen atoms in total. The first-order valence-corrected chi connectivity index (χ1v) is 26.5. The first-order chi connectivity index (χ1) is 32.3. The lowest BCUT2D eigenvalue weighted by Gasteiger charge is -2.50. The molecule has 3 aliphatic rings. The Morgan fingerprint density at radius 1 is 0.881 bits per heavy atom. The second-order valence-corrected chi connectivity index (χ2v) is 20.5. The predicted molar refractivity (Wildman–Crippen MR) is 259 cm³/mol. The largest absolute Gasteiger partial charge is 0.530 e. The molecule has 3 amide bonds. The fourth-order valence-electron chi connectivity index (χ4n) is 10.5. The molecule has 0 radical (unpaired) electrons. The van der Waals surface area contributed by atoms with Gasteiger partial charge in [0.2, 0.25) is 11.8 Å². The average Bonchev–Trinajstić information content (AvgIpc) is 3.65. The number of hydrogen-bond donors (Lipinski definition) is 4. The fourth-order valence-corrected chi connectivity index (χ4v) is 11.9. The van der Waals surface area contributed by atoms with Crippen molar-refractivity contribution in [3.8, 4) is 17.2 Å². The summed E-state index contributed by atoms with van der Waals surface area (Å²) in [5.41, 5.74) is 7.81. The number of phosphoric acid groups is 1. The van der Waals surface area contributed by atoms with Crippen LogP contribution in [0.5, 0.6) is 17.2 Å². The number of anilines is 1. The van der Waals surface area contributed by atoms with Crippen molar-refractivity contribution in [1.29, 1.82) is 0 Å². The van der Waals surface area contributed by atoms with Crippen LogP contribution >= 0.6 is 7.82 Å². The summed E-state index contributed by atoms with van der Waals surface area (Å²) in [6.45, 7) is 12.8. The number of methoxy groups -OCH3 is 1. The highest BCUT2D eigenvalue weighted by molar-refractivity contribution is 7.48. The second-order valence-electron chi connectivity index (χ2n) is 18.9. The summed E-state index contributed by atoms with van der Waals surface area (Å²) in [6, 6.07) is 9.06. The first-order valence-electron chi connectivity index (χ1n) is 25.0. The van der Waals surface area contributed by atoms with Gasteiger partial charge in [-0.25, -0.2) is 4.57 Å². The number of carbonyl (C=O) groups is 3. The van der Waals surface area contributed by atoms with E-state index in [9.17, 15) is 24.1 Å². The number of ether oxygens (including phenoxy) is 4. The van der Waals surface area contributed by atoms with E-state index in [2.05, 4.69) is 57.4 Å². The van der Waals surface area contributed by atoms with E-state index in [-0.39, 0.29) is 67.3 Å². The molecule has 2 saturated carbocycles. The zero-order valence-corrected chi connectivity index (χ0v) is 42.0. The summed E-state index contributed by atoms with van der Waals surface area (Å²) < 4.78 is 55.3. The number of nitrogens with two attached hydrogens (primary N) is 1. The van der Waals surface area contributed by atoms with Crippen LogP contribution in [0, 0.1) is 29.1 Å². The van der Waals surface area contributed by atoms with E-state index in [0.717, 1.165) is 89.9 Å². The van der Waals surface area contributed by atoms with E-state index in [1.165, 1.54) is 30.4 Å². The lowest BCUT2D eigenvalue weighted by molar-refractivity contribution is -0.124. The second kappa shape index (κ2) is 26.9. The molecule has 0 aromatic heterocycles. The molecule has 67 heavy (non-hydrogen) atoms. The molecule has 5 N–H and O–H groups in total. The van der Waals surface area contributed by atoms with Crippen LogP contribution in [0.15, 0.2) is 30.3 Å². The highest BCUT2D eigenvalue weighted by Crippen LogP contribution is 2.62. The first kappa shape index (κ1) is 54.2. The maximum Gasteiger partial charge on any atom is 0.530 e. The van der Waals surface area contributed by atoms with Crippen LogP contribution in [0.1, 0.15) is 152 Å². The summed E-state index contributed by atoms with van der Waals surface area (Å²) >= 11 is 0. The highest BCUT2D eigenvalue weighted by Gasteiger charge is 2.55. The van der Waals surface area contributed by atoms with Crippen LogP contribution in [-0.2, 0) is 43.8 Å². The molecule has 3 aliphatic carbocycles. The van der Waals surface area contributed by atoms with Gasteiger partial charge in [-0.2, -0.15) is 0 Å². The van der Waals surface area contributed by atoms with Crippen molar-refractivity contribution in [1.82, 2.24) is 5.32 Å². The SMILES string of the molecule is CCCCC(CC)COP(=O)(OCC(CC)CCCC)Oc1ccc2c(c1)CCC1C2CCC2(C)C(OCCC(=O)NCCOCCOCC(=O)Nc3ccc(OC)c(C(N)=O)c3O)CCC12. The Bertz CT molecular complexity index is 1930. The summed E-state index contributed by atoms with van der Waals surface area (Å²) in [4.78, 5) is 36.7. The van der Waals surface area contributed by atoms with Gasteiger partial charge < -0.3 is 44.9 Å². The molecular formula is C51H80N3O12P. The Kier molecular flexibility index (Phi) is 21.8. The number of fused-ring (bicyclic) bond motifs is 5. The van der Waals surface area contributed by atoms with Gasteiger partial charge in [-0.15, -0.1) is 0 Å². The third-order valence-electron chi connectivity index (χ3n) is 14.6. The summed E-state index contributed by atoms with van der Waals surface area (Å²) in [7, 11) is -2.52. The fraction of sp³-hybridized carbons (Fsp3) is 0.706. The van der Waals surface area contributed by atoms with Crippen LogP contribution in [0.2, 0.25) is 0 Å². The number of aromatic hydroxyl groups is 1. The van der Waals surface area contributed by atoms with Crippen LogP contribution in [0.3, 0.4) is 0 Å². The van der Waals surface area contributed by atoms with E-state index in [4.69, 9.17) is 38.3 Å². The number of rotatable bonds is 31. The van der Waals surface area contributed by atoms with Gasteiger partial charge in [0.15, 0.2) is 5.75 Å². The third kappa shape index (κ3) is 15.1. The Morgan fingerprint density at radius 2 is 1.58 bits per heavy atom. The molecule has 376 valence electrons. The van der Waals surface area contributed by atoms with Gasteiger partial charge in [0.05, 0.1) is 58.5 Å². The number of phenols is 1. The molecule has 0 aliphatic heterocycles. The quantitative estimate of drug-likeness (QED) is 0.0317. The van der Waals surface area contributed by atoms with Crippen LogP contribution < -0.4 is 25.6 Å². The van der Waals surface area contributed by atoms with Crippen molar-refractivity contribution in [2.75, 3.05) is 65.2 Å². The van der Waals surface area contributed by atoms with E-state index in [1.54, 1.807) is 0 Å². The van der Waals surface area contributed by atoms with Crippen molar-refractivity contribution in [3.05, 3.63) is 47.0 Å². The molecule has 2 aromatic rings. The topological polar surface area (TPSA) is 203 Å². The lowest BCUT2D eigenvalue weighted by atomic mass is 9.55.